The zero-order valence-electron chi connectivity index (χ0n) is 17.3. The number of methoxy groups -OCH3 is 2. The van der Waals surface area contributed by atoms with Crippen molar-refractivity contribution in [2.75, 3.05) is 34.0 Å². The smallest absolute Gasteiger partial charge is 0.220 e. The van der Waals surface area contributed by atoms with Gasteiger partial charge in [-0.2, -0.15) is 0 Å². The molecule has 2 N–H and O–H groups in total. The first kappa shape index (κ1) is 22.6. The molecule has 0 radical (unpaired) electrons. The third-order valence-corrected chi connectivity index (χ3v) is 4.53. The zero-order valence-corrected chi connectivity index (χ0v) is 17.3. The first-order valence-corrected chi connectivity index (χ1v) is 9.96. The lowest BCUT2D eigenvalue weighted by molar-refractivity contribution is -0.121. The Morgan fingerprint density at radius 3 is 2.45 bits per heavy atom. The monoisotopic (exact) mass is 401 g/mol. The summed E-state index contributed by atoms with van der Waals surface area (Å²) in [6.07, 6.45) is 3.73. The van der Waals surface area contributed by atoms with Crippen molar-refractivity contribution in [2.45, 2.75) is 32.1 Å². The number of nitrogens with one attached hydrogen (secondary N) is 1. The van der Waals surface area contributed by atoms with Gasteiger partial charge < -0.3 is 24.6 Å². The van der Waals surface area contributed by atoms with Crippen LogP contribution in [0.5, 0.6) is 17.2 Å². The molecule has 0 aliphatic heterocycles. The lowest BCUT2D eigenvalue weighted by atomic mass is 10.0. The molecule has 0 fully saturated rings. The molecule has 0 spiro atoms. The van der Waals surface area contributed by atoms with Crippen LogP contribution in [0.25, 0.3) is 0 Å². The van der Waals surface area contributed by atoms with Crippen LogP contribution in [0.15, 0.2) is 42.5 Å². The average Bonchev–Trinajstić information content (AvgIpc) is 2.75. The Morgan fingerprint density at radius 2 is 1.72 bits per heavy atom. The van der Waals surface area contributed by atoms with E-state index in [2.05, 4.69) is 17.4 Å². The van der Waals surface area contributed by atoms with Crippen LogP contribution in [0.1, 0.15) is 30.4 Å². The van der Waals surface area contributed by atoms with Gasteiger partial charge in [-0.05, 0) is 61.1 Å². The number of ether oxygens (including phenoxy) is 3. The van der Waals surface area contributed by atoms with E-state index in [1.54, 1.807) is 14.2 Å². The van der Waals surface area contributed by atoms with E-state index in [1.165, 1.54) is 11.1 Å². The number of aliphatic hydroxyl groups is 1. The molecule has 0 aliphatic carbocycles. The van der Waals surface area contributed by atoms with Gasteiger partial charge in [0.05, 0.1) is 20.8 Å². The Kier molecular flexibility index (Phi) is 9.86. The first-order valence-electron chi connectivity index (χ1n) is 9.96. The van der Waals surface area contributed by atoms with Crippen molar-refractivity contribution in [3.05, 3.63) is 53.6 Å². The van der Waals surface area contributed by atoms with Gasteiger partial charge in [0.15, 0.2) is 11.5 Å². The molecule has 6 nitrogen and oxygen atoms in total. The molecule has 29 heavy (non-hydrogen) atoms. The SMILES string of the molecule is COc1ccc(CCCc2cccc(OCCNC(=O)CCCO)c2)cc1OC. The van der Waals surface area contributed by atoms with Gasteiger partial charge in [0.25, 0.3) is 0 Å². The Hall–Kier alpha value is -2.73. The van der Waals surface area contributed by atoms with Gasteiger partial charge in [0.2, 0.25) is 5.91 Å². The minimum atomic E-state index is -0.0634. The zero-order chi connectivity index (χ0) is 20.9. The van der Waals surface area contributed by atoms with Gasteiger partial charge >= 0.3 is 0 Å². The fourth-order valence-corrected chi connectivity index (χ4v) is 3.01. The summed E-state index contributed by atoms with van der Waals surface area (Å²) < 4.78 is 16.4. The normalized spacial score (nSPS) is 10.4. The van der Waals surface area contributed by atoms with E-state index in [0.29, 0.717) is 26.0 Å². The second kappa shape index (κ2) is 12.7. The predicted octanol–water partition coefficient (Wildman–Crippen LogP) is 3.15. The van der Waals surface area contributed by atoms with E-state index in [1.807, 2.05) is 30.3 Å². The molecule has 1 amide bonds. The molecular formula is C23H31NO5. The van der Waals surface area contributed by atoms with E-state index >= 15 is 0 Å². The van der Waals surface area contributed by atoms with E-state index < -0.39 is 0 Å². The number of rotatable bonds is 13. The lowest BCUT2D eigenvalue weighted by Crippen LogP contribution is -2.28. The summed E-state index contributed by atoms with van der Waals surface area (Å²) in [4.78, 5) is 11.5. The number of amides is 1. The summed E-state index contributed by atoms with van der Waals surface area (Å²) in [5.41, 5.74) is 2.43. The Morgan fingerprint density at radius 1 is 0.966 bits per heavy atom. The number of carbonyl (C=O) groups is 1. The number of hydrogen-bond acceptors (Lipinski definition) is 5. The third kappa shape index (κ3) is 8.03. The summed E-state index contributed by atoms with van der Waals surface area (Å²) in [7, 11) is 3.28. The summed E-state index contributed by atoms with van der Waals surface area (Å²) in [6.45, 7) is 0.899. The summed E-state index contributed by atoms with van der Waals surface area (Å²) >= 11 is 0. The van der Waals surface area contributed by atoms with Crippen LogP contribution in [-0.4, -0.2) is 45.0 Å². The number of hydrogen-bond donors (Lipinski definition) is 2. The van der Waals surface area contributed by atoms with E-state index in [4.69, 9.17) is 19.3 Å². The minimum Gasteiger partial charge on any atom is -0.493 e. The van der Waals surface area contributed by atoms with Crippen LogP contribution in [0.4, 0.5) is 0 Å². The van der Waals surface area contributed by atoms with Crippen molar-refractivity contribution in [1.29, 1.82) is 0 Å². The van der Waals surface area contributed by atoms with E-state index in [-0.39, 0.29) is 12.5 Å². The van der Waals surface area contributed by atoms with Gasteiger partial charge in [-0.1, -0.05) is 18.2 Å². The Labute approximate surface area is 172 Å². The summed E-state index contributed by atoms with van der Waals surface area (Å²) in [5.74, 6) is 2.24. The van der Waals surface area contributed by atoms with E-state index in [0.717, 1.165) is 36.5 Å². The van der Waals surface area contributed by atoms with Crippen LogP contribution in [0.2, 0.25) is 0 Å². The number of benzene rings is 2. The number of aliphatic hydroxyl groups excluding tert-OH is 1. The van der Waals surface area contributed by atoms with Gasteiger partial charge in [-0.15, -0.1) is 0 Å². The molecule has 2 aromatic rings. The van der Waals surface area contributed by atoms with Gasteiger partial charge in [-0.25, -0.2) is 0 Å². The van der Waals surface area contributed by atoms with Crippen LogP contribution in [-0.2, 0) is 17.6 Å². The Balaban J connectivity index is 1.74. The van der Waals surface area contributed by atoms with Crippen molar-refractivity contribution >= 4 is 5.91 Å². The highest BCUT2D eigenvalue weighted by Crippen LogP contribution is 2.28. The molecule has 6 heteroatoms. The van der Waals surface area contributed by atoms with Crippen LogP contribution in [0.3, 0.4) is 0 Å². The maximum absolute atomic E-state index is 11.5. The maximum Gasteiger partial charge on any atom is 0.220 e. The second-order valence-electron chi connectivity index (χ2n) is 6.72. The first-order chi connectivity index (χ1) is 14.2. The summed E-state index contributed by atoms with van der Waals surface area (Å²) in [5, 5.41) is 11.5. The predicted molar refractivity (Wildman–Crippen MR) is 113 cm³/mol. The standard InChI is InChI=1S/C23H31NO5/c1-27-21-12-11-19(17-22(21)28-2)7-3-6-18-8-4-9-20(16-18)29-15-13-24-23(26)10-5-14-25/h4,8-9,11-12,16-17,25H,3,5-7,10,13-15H2,1-2H3,(H,24,26). The van der Waals surface area contributed by atoms with Gasteiger partial charge in [-0.3, -0.25) is 4.79 Å². The molecular weight excluding hydrogens is 370 g/mol. The Bertz CT molecular complexity index is 763. The average molecular weight is 402 g/mol. The van der Waals surface area contributed by atoms with Crippen molar-refractivity contribution < 1.29 is 24.1 Å². The van der Waals surface area contributed by atoms with Crippen molar-refractivity contribution in [3.8, 4) is 17.2 Å². The van der Waals surface area contributed by atoms with Crippen LogP contribution < -0.4 is 19.5 Å². The van der Waals surface area contributed by atoms with Crippen molar-refractivity contribution in [1.82, 2.24) is 5.32 Å². The molecule has 0 aromatic heterocycles. The topological polar surface area (TPSA) is 77.0 Å². The van der Waals surface area contributed by atoms with Gasteiger partial charge in [0.1, 0.15) is 12.4 Å². The maximum atomic E-state index is 11.5. The second-order valence-corrected chi connectivity index (χ2v) is 6.72. The molecule has 0 atom stereocenters. The van der Waals surface area contributed by atoms with Crippen LogP contribution in [0, 0.1) is 0 Å². The highest BCUT2D eigenvalue weighted by Gasteiger charge is 2.05. The minimum absolute atomic E-state index is 0.0305. The molecule has 0 heterocycles. The van der Waals surface area contributed by atoms with Crippen LogP contribution >= 0.6 is 0 Å². The molecule has 0 unspecified atom stereocenters. The van der Waals surface area contributed by atoms with Crippen molar-refractivity contribution in [3.63, 3.8) is 0 Å². The molecule has 0 saturated carbocycles. The fourth-order valence-electron chi connectivity index (χ4n) is 3.01. The number of aryl methyl sites for hydroxylation is 2. The molecule has 2 rings (SSSR count). The largest absolute Gasteiger partial charge is 0.493 e. The molecule has 158 valence electrons. The third-order valence-electron chi connectivity index (χ3n) is 4.53. The van der Waals surface area contributed by atoms with Gasteiger partial charge in [0, 0.05) is 13.0 Å². The quantitative estimate of drug-likeness (QED) is 0.504. The number of carbonyl (C=O) groups excluding carboxylic acids is 1. The van der Waals surface area contributed by atoms with Crippen molar-refractivity contribution in [2.24, 2.45) is 0 Å². The highest BCUT2D eigenvalue weighted by atomic mass is 16.5. The molecule has 2 aromatic carbocycles. The fraction of sp³-hybridized carbons (Fsp3) is 0.435. The summed E-state index contributed by atoms with van der Waals surface area (Å²) in [6, 6.07) is 14.1. The van der Waals surface area contributed by atoms with E-state index in [9.17, 15) is 4.79 Å². The molecule has 0 bridgehead atoms. The molecule has 0 saturated heterocycles. The highest BCUT2D eigenvalue weighted by molar-refractivity contribution is 5.75. The lowest BCUT2D eigenvalue weighted by Gasteiger charge is -2.10. The molecule has 0 aliphatic rings.